The van der Waals surface area contributed by atoms with Crippen LogP contribution >= 0.6 is 0 Å². The molecular weight excluding hydrogens is 202 g/mol. The first-order chi connectivity index (χ1) is 7.35. The Kier molecular flexibility index (Phi) is 4.16. The molecular formula is C13H23NO2. The summed E-state index contributed by atoms with van der Waals surface area (Å²) in [6.45, 7) is 8.06. The van der Waals surface area contributed by atoms with Crippen molar-refractivity contribution >= 4 is 0 Å². The molecule has 0 amide bonds. The molecule has 0 aromatic carbocycles. The Morgan fingerprint density at radius 3 is 2.50 bits per heavy atom. The third-order valence-corrected chi connectivity index (χ3v) is 3.09. The molecule has 1 heterocycles. The molecule has 1 rings (SSSR count). The lowest BCUT2D eigenvalue weighted by Crippen LogP contribution is -2.24. The number of hydrogen-bond acceptors (Lipinski definition) is 3. The van der Waals surface area contributed by atoms with Crippen LogP contribution in [0.3, 0.4) is 0 Å². The van der Waals surface area contributed by atoms with Crippen LogP contribution in [0.5, 0.6) is 0 Å². The Morgan fingerprint density at radius 1 is 1.44 bits per heavy atom. The summed E-state index contributed by atoms with van der Waals surface area (Å²) < 4.78 is 10.9. The third kappa shape index (κ3) is 3.35. The van der Waals surface area contributed by atoms with Gasteiger partial charge in [-0.25, -0.2) is 0 Å². The molecule has 0 bridgehead atoms. The number of ether oxygens (including phenoxy) is 1. The SMILES string of the molecule is COC(C)(C)CCC(N)c1cc(C)oc1C. The van der Waals surface area contributed by atoms with E-state index in [0.29, 0.717) is 0 Å². The van der Waals surface area contributed by atoms with E-state index >= 15 is 0 Å². The van der Waals surface area contributed by atoms with Gasteiger partial charge in [0.25, 0.3) is 0 Å². The molecule has 3 nitrogen and oxygen atoms in total. The van der Waals surface area contributed by atoms with Gasteiger partial charge >= 0.3 is 0 Å². The Morgan fingerprint density at radius 2 is 2.06 bits per heavy atom. The minimum Gasteiger partial charge on any atom is -0.466 e. The molecule has 92 valence electrons. The quantitative estimate of drug-likeness (QED) is 0.837. The van der Waals surface area contributed by atoms with Crippen molar-refractivity contribution in [2.24, 2.45) is 5.73 Å². The molecule has 1 aromatic rings. The van der Waals surface area contributed by atoms with Crippen LogP contribution in [-0.2, 0) is 4.74 Å². The van der Waals surface area contributed by atoms with Crippen LogP contribution < -0.4 is 5.73 Å². The fraction of sp³-hybridized carbons (Fsp3) is 0.692. The highest BCUT2D eigenvalue weighted by atomic mass is 16.5. The molecule has 0 aliphatic heterocycles. The lowest BCUT2D eigenvalue weighted by atomic mass is 9.95. The van der Waals surface area contributed by atoms with E-state index < -0.39 is 0 Å². The summed E-state index contributed by atoms with van der Waals surface area (Å²) in [7, 11) is 1.73. The van der Waals surface area contributed by atoms with Crippen LogP contribution in [-0.4, -0.2) is 12.7 Å². The zero-order chi connectivity index (χ0) is 12.3. The molecule has 0 aliphatic carbocycles. The fourth-order valence-corrected chi connectivity index (χ4v) is 1.78. The molecule has 1 unspecified atom stereocenters. The van der Waals surface area contributed by atoms with Gasteiger partial charge in [0.1, 0.15) is 11.5 Å². The van der Waals surface area contributed by atoms with Crippen molar-refractivity contribution in [3.63, 3.8) is 0 Å². The fourth-order valence-electron chi connectivity index (χ4n) is 1.78. The second kappa shape index (κ2) is 5.02. The second-order valence-corrected chi connectivity index (χ2v) is 4.98. The van der Waals surface area contributed by atoms with Gasteiger partial charge < -0.3 is 14.9 Å². The summed E-state index contributed by atoms with van der Waals surface area (Å²) in [4.78, 5) is 0. The van der Waals surface area contributed by atoms with Gasteiger partial charge in [0.2, 0.25) is 0 Å². The van der Waals surface area contributed by atoms with E-state index in [9.17, 15) is 0 Å². The largest absolute Gasteiger partial charge is 0.466 e. The monoisotopic (exact) mass is 225 g/mol. The first-order valence-corrected chi connectivity index (χ1v) is 5.73. The number of rotatable bonds is 5. The van der Waals surface area contributed by atoms with E-state index in [-0.39, 0.29) is 11.6 Å². The number of nitrogens with two attached hydrogens (primary N) is 1. The normalized spacial score (nSPS) is 14.1. The molecule has 0 aliphatic rings. The first kappa shape index (κ1) is 13.3. The molecule has 2 N–H and O–H groups in total. The Hall–Kier alpha value is -0.800. The van der Waals surface area contributed by atoms with E-state index in [1.807, 2.05) is 19.9 Å². The summed E-state index contributed by atoms with van der Waals surface area (Å²) in [5.74, 6) is 1.86. The van der Waals surface area contributed by atoms with Gasteiger partial charge in [0.15, 0.2) is 0 Å². The molecule has 0 saturated carbocycles. The van der Waals surface area contributed by atoms with Crippen molar-refractivity contribution in [3.05, 3.63) is 23.2 Å². The van der Waals surface area contributed by atoms with Crippen LogP contribution in [0.15, 0.2) is 10.5 Å². The highest BCUT2D eigenvalue weighted by molar-refractivity contribution is 5.23. The lowest BCUT2D eigenvalue weighted by molar-refractivity contribution is 0.0124. The van der Waals surface area contributed by atoms with Gasteiger partial charge in [0, 0.05) is 18.7 Å². The number of methoxy groups -OCH3 is 1. The first-order valence-electron chi connectivity index (χ1n) is 5.73. The molecule has 0 radical (unpaired) electrons. The highest BCUT2D eigenvalue weighted by Gasteiger charge is 2.20. The van der Waals surface area contributed by atoms with Gasteiger partial charge in [-0.1, -0.05) is 0 Å². The van der Waals surface area contributed by atoms with Crippen LogP contribution in [0.2, 0.25) is 0 Å². The van der Waals surface area contributed by atoms with E-state index in [4.69, 9.17) is 14.9 Å². The summed E-state index contributed by atoms with van der Waals surface area (Å²) in [6, 6.07) is 2.06. The topological polar surface area (TPSA) is 48.4 Å². The summed E-state index contributed by atoms with van der Waals surface area (Å²) in [5, 5.41) is 0. The standard InChI is InChI=1S/C13H23NO2/c1-9-8-11(10(2)16-9)12(14)6-7-13(3,4)15-5/h8,12H,6-7,14H2,1-5H3. The minimum atomic E-state index is -0.107. The van der Waals surface area contributed by atoms with Crippen LogP contribution in [0.1, 0.15) is 49.8 Å². The number of aryl methyl sites for hydroxylation is 2. The zero-order valence-electron chi connectivity index (χ0n) is 11.0. The molecule has 16 heavy (non-hydrogen) atoms. The molecule has 0 spiro atoms. The predicted molar refractivity (Wildman–Crippen MR) is 65.4 cm³/mol. The van der Waals surface area contributed by atoms with Crippen LogP contribution in [0, 0.1) is 13.8 Å². The average Bonchev–Trinajstić information content (AvgIpc) is 2.54. The van der Waals surface area contributed by atoms with Gasteiger partial charge in [-0.2, -0.15) is 0 Å². The van der Waals surface area contributed by atoms with Crippen molar-refractivity contribution < 1.29 is 9.15 Å². The Labute approximate surface area is 98.0 Å². The van der Waals surface area contributed by atoms with Crippen molar-refractivity contribution in [1.29, 1.82) is 0 Å². The van der Waals surface area contributed by atoms with Crippen molar-refractivity contribution in [1.82, 2.24) is 0 Å². The zero-order valence-corrected chi connectivity index (χ0v) is 11.0. The van der Waals surface area contributed by atoms with E-state index in [0.717, 1.165) is 29.9 Å². The lowest BCUT2D eigenvalue weighted by Gasteiger charge is -2.24. The second-order valence-electron chi connectivity index (χ2n) is 4.98. The minimum absolute atomic E-state index is 0.0341. The average molecular weight is 225 g/mol. The molecule has 1 aromatic heterocycles. The van der Waals surface area contributed by atoms with Gasteiger partial charge in [-0.05, 0) is 46.6 Å². The third-order valence-electron chi connectivity index (χ3n) is 3.09. The van der Waals surface area contributed by atoms with E-state index in [1.165, 1.54) is 0 Å². The maximum atomic E-state index is 6.16. The summed E-state index contributed by atoms with van der Waals surface area (Å²) >= 11 is 0. The van der Waals surface area contributed by atoms with Gasteiger partial charge in [-0.3, -0.25) is 0 Å². The molecule has 1 atom stereocenters. The van der Waals surface area contributed by atoms with E-state index in [1.54, 1.807) is 7.11 Å². The number of furan rings is 1. The van der Waals surface area contributed by atoms with Crippen LogP contribution in [0.4, 0.5) is 0 Å². The maximum Gasteiger partial charge on any atom is 0.105 e. The predicted octanol–water partition coefficient (Wildman–Crippen LogP) is 3.10. The Balaban J connectivity index is 2.59. The van der Waals surface area contributed by atoms with Crippen LogP contribution in [0.25, 0.3) is 0 Å². The molecule has 3 heteroatoms. The van der Waals surface area contributed by atoms with Crippen molar-refractivity contribution in [2.45, 2.75) is 52.2 Å². The van der Waals surface area contributed by atoms with Gasteiger partial charge in [0.05, 0.1) is 5.60 Å². The van der Waals surface area contributed by atoms with Crippen molar-refractivity contribution in [2.75, 3.05) is 7.11 Å². The summed E-state index contributed by atoms with van der Waals surface area (Å²) in [6.07, 6.45) is 1.84. The highest BCUT2D eigenvalue weighted by Crippen LogP contribution is 2.26. The van der Waals surface area contributed by atoms with Gasteiger partial charge in [-0.15, -0.1) is 0 Å². The van der Waals surface area contributed by atoms with Crippen molar-refractivity contribution in [3.8, 4) is 0 Å². The Bertz CT molecular complexity index is 342. The number of hydrogen-bond donors (Lipinski definition) is 1. The molecule has 0 saturated heterocycles. The summed E-state index contributed by atoms with van der Waals surface area (Å²) in [5.41, 5.74) is 7.16. The van der Waals surface area contributed by atoms with E-state index in [2.05, 4.69) is 13.8 Å². The molecule has 0 fully saturated rings. The smallest absolute Gasteiger partial charge is 0.105 e. The maximum absolute atomic E-state index is 6.16.